The number of amides is 1. The average molecular weight is 315 g/mol. The Morgan fingerprint density at radius 2 is 2.29 bits per heavy atom. The maximum Gasteiger partial charge on any atom is 0.260 e. The molecule has 0 saturated carbocycles. The fraction of sp³-hybridized carbons (Fsp3) is 0.667. The minimum atomic E-state index is -3.79. The molecule has 0 bridgehead atoms. The van der Waals surface area contributed by atoms with Crippen molar-refractivity contribution in [2.45, 2.75) is 43.4 Å². The van der Waals surface area contributed by atoms with Gasteiger partial charge < -0.3 is 11.1 Å². The highest BCUT2D eigenvalue weighted by Gasteiger charge is 2.43. The van der Waals surface area contributed by atoms with Gasteiger partial charge in [-0.05, 0) is 18.9 Å². The molecule has 1 saturated heterocycles. The van der Waals surface area contributed by atoms with E-state index in [9.17, 15) is 13.2 Å². The molecular formula is C12H21N5O3S. The van der Waals surface area contributed by atoms with Crippen LogP contribution in [0.3, 0.4) is 0 Å². The molecular weight excluding hydrogens is 294 g/mol. The Balaban J connectivity index is 2.37. The number of nitrogens with two attached hydrogens (primary N) is 1. The van der Waals surface area contributed by atoms with E-state index in [1.54, 1.807) is 0 Å². The van der Waals surface area contributed by atoms with Crippen LogP contribution in [-0.4, -0.2) is 54.1 Å². The Hall–Kier alpha value is -1.45. The molecule has 1 amide bonds. The van der Waals surface area contributed by atoms with Crippen LogP contribution in [0.2, 0.25) is 0 Å². The lowest BCUT2D eigenvalue weighted by molar-refractivity contribution is -0.123. The van der Waals surface area contributed by atoms with E-state index in [-0.39, 0.29) is 23.5 Å². The van der Waals surface area contributed by atoms with Crippen molar-refractivity contribution in [3.63, 3.8) is 0 Å². The topological polar surface area (TPSA) is 110 Å². The number of rotatable bonds is 5. The van der Waals surface area contributed by atoms with Gasteiger partial charge in [0.05, 0.1) is 6.20 Å². The zero-order valence-electron chi connectivity index (χ0n) is 12.2. The van der Waals surface area contributed by atoms with Crippen molar-refractivity contribution >= 4 is 15.9 Å². The monoisotopic (exact) mass is 315 g/mol. The molecule has 0 unspecified atom stereocenters. The van der Waals surface area contributed by atoms with Gasteiger partial charge in [0.2, 0.25) is 5.91 Å². The number of sulfonamides is 1. The molecule has 1 aromatic rings. The summed E-state index contributed by atoms with van der Waals surface area (Å²) in [5.41, 5.74) is 5.85. The van der Waals surface area contributed by atoms with Gasteiger partial charge in [-0.3, -0.25) is 9.48 Å². The summed E-state index contributed by atoms with van der Waals surface area (Å²) in [6.45, 7) is 2.58. The van der Waals surface area contributed by atoms with Crippen LogP contribution >= 0.6 is 0 Å². The van der Waals surface area contributed by atoms with Gasteiger partial charge in [0.1, 0.15) is 6.04 Å². The molecule has 0 aliphatic carbocycles. The Kier molecular flexibility index (Phi) is 4.64. The number of likely N-dealkylation sites (N-methyl/N-ethyl adjacent to an activating group) is 1. The fourth-order valence-electron chi connectivity index (χ4n) is 2.55. The van der Waals surface area contributed by atoms with Crippen molar-refractivity contribution in [1.82, 2.24) is 19.4 Å². The van der Waals surface area contributed by atoms with E-state index in [2.05, 4.69) is 10.4 Å². The molecule has 1 aliphatic heterocycles. The van der Waals surface area contributed by atoms with E-state index in [1.807, 2.05) is 6.92 Å². The number of nitrogens with zero attached hydrogens (tertiary/aromatic N) is 3. The largest absolute Gasteiger partial charge is 0.358 e. The normalized spacial score (nSPS) is 23.4. The molecule has 8 nitrogen and oxygen atoms in total. The molecule has 1 fully saturated rings. The van der Waals surface area contributed by atoms with Gasteiger partial charge in [0, 0.05) is 26.2 Å². The second-order valence-electron chi connectivity index (χ2n) is 5.09. The summed E-state index contributed by atoms with van der Waals surface area (Å²) in [5.74, 6) is -0.340. The first-order valence-electron chi connectivity index (χ1n) is 6.92. The van der Waals surface area contributed by atoms with Crippen LogP contribution in [0.4, 0.5) is 0 Å². The summed E-state index contributed by atoms with van der Waals surface area (Å²) in [5, 5.41) is 6.63. The smallest absolute Gasteiger partial charge is 0.260 e. The Labute approximate surface area is 124 Å². The van der Waals surface area contributed by atoms with Crippen LogP contribution < -0.4 is 11.1 Å². The molecule has 2 atom stereocenters. The summed E-state index contributed by atoms with van der Waals surface area (Å²) >= 11 is 0. The number of aryl methyl sites for hydroxylation is 1. The van der Waals surface area contributed by atoms with Crippen LogP contribution in [-0.2, 0) is 21.4 Å². The van der Waals surface area contributed by atoms with Crippen LogP contribution in [0.25, 0.3) is 0 Å². The maximum atomic E-state index is 12.8. The molecule has 0 aromatic carbocycles. The Morgan fingerprint density at radius 3 is 2.90 bits per heavy atom. The summed E-state index contributed by atoms with van der Waals surface area (Å²) in [7, 11) is -2.31. The van der Waals surface area contributed by atoms with E-state index >= 15 is 0 Å². The highest BCUT2D eigenvalue weighted by molar-refractivity contribution is 7.89. The number of hydrogen-bond donors (Lipinski definition) is 2. The number of carbonyl (C=O) groups is 1. The van der Waals surface area contributed by atoms with Gasteiger partial charge >= 0.3 is 0 Å². The third-order valence-electron chi connectivity index (χ3n) is 3.52. The highest BCUT2D eigenvalue weighted by atomic mass is 32.2. The van der Waals surface area contributed by atoms with Crippen molar-refractivity contribution < 1.29 is 13.2 Å². The molecule has 1 aromatic heterocycles. The second-order valence-corrected chi connectivity index (χ2v) is 6.93. The standard InChI is InChI=1S/C12H21N5O3S/c1-3-6-16-11(4-5-15-16)21(19,20)17-8-9(13)7-10(17)12(18)14-2/h4-5,9-10H,3,6-8,13H2,1-2H3,(H,14,18)/t9-,10+/m1/s1. The third-order valence-corrected chi connectivity index (χ3v) is 5.42. The van der Waals surface area contributed by atoms with E-state index in [0.29, 0.717) is 13.0 Å². The van der Waals surface area contributed by atoms with Gasteiger partial charge in [0.15, 0.2) is 5.03 Å². The lowest BCUT2D eigenvalue weighted by Crippen LogP contribution is -2.45. The first-order chi connectivity index (χ1) is 9.91. The van der Waals surface area contributed by atoms with Crippen molar-refractivity contribution in [3.8, 4) is 0 Å². The van der Waals surface area contributed by atoms with Gasteiger partial charge in [-0.15, -0.1) is 0 Å². The average Bonchev–Trinajstić information content (AvgIpc) is 3.05. The van der Waals surface area contributed by atoms with Crippen molar-refractivity contribution in [2.75, 3.05) is 13.6 Å². The zero-order valence-corrected chi connectivity index (χ0v) is 13.0. The molecule has 9 heteroatoms. The molecule has 2 rings (SSSR count). The van der Waals surface area contributed by atoms with Crippen molar-refractivity contribution in [1.29, 1.82) is 0 Å². The first kappa shape index (κ1) is 15.9. The SMILES string of the molecule is CCCn1nccc1S(=O)(=O)N1C[C@H](N)C[C@H]1C(=O)NC. The fourth-order valence-corrected chi connectivity index (χ4v) is 4.33. The van der Waals surface area contributed by atoms with E-state index in [0.717, 1.165) is 6.42 Å². The maximum absolute atomic E-state index is 12.8. The van der Waals surface area contributed by atoms with Crippen LogP contribution in [0, 0.1) is 0 Å². The predicted octanol–water partition coefficient (Wildman–Crippen LogP) is -0.871. The van der Waals surface area contributed by atoms with E-state index in [1.165, 1.54) is 28.3 Å². The number of nitrogens with one attached hydrogen (secondary N) is 1. The van der Waals surface area contributed by atoms with E-state index in [4.69, 9.17) is 5.73 Å². The number of carbonyl (C=O) groups excluding carboxylic acids is 1. The molecule has 0 spiro atoms. The van der Waals surface area contributed by atoms with Gasteiger partial charge in [-0.25, -0.2) is 8.42 Å². The van der Waals surface area contributed by atoms with Crippen LogP contribution in [0.15, 0.2) is 17.3 Å². The molecule has 2 heterocycles. The minimum Gasteiger partial charge on any atom is -0.358 e. The van der Waals surface area contributed by atoms with Gasteiger partial charge in [-0.1, -0.05) is 6.92 Å². The number of aromatic nitrogens is 2. The summed E-state index contributed by atoms with van der Waals surface area (Å²) in [6, 6.07) is 0.347. The van der Waals surface area contributed by atoms with Crippen LogP contribution in [0.1, 0.15) is 19.8 Å². The highest BCUT2D eigenvalue weighted by Crippen LogP contribution is 2.25. The first-order valence-corrected chi connectivity index (χ1v) is 8.36. The molecule has 0 radical (unpaired) electrons. The Morgan fingerprint density at radius 1 is 1.57 bits per heavy atom. The van der Waals surface area contributed by atoms with Crippen molar-refractivity contribution in [2.24, 2.45) is 5.73 Å². The molecule has 3 N–H and O–H groups in total. The lowest BCUT2D eigenvalue weighted by atomic mass is 10.2. The second kappa shape index (κ2) is 6.12. The quantitative estimate of drug-likeness (QED) is 0.734. The zero-order chi connectivity index (χ0) is 15.6. The van der Waals surface area contributed by atoms with Crippen molar-refractivity contribution in [3.05, 3.63) is 12.3 Å². The lowest BCUT2D eigenvalue weighted by Gasteiger charge is -2.22. The third kappa shape index (κ3) is 2.94. The Bertz CT molecular complexity index is 612. The molecule has 21 heavy (non-hydrogen) atoms. The minimum absolute atomic E-state index is 0.104. The molecule has 118 valence electrons. The number of hydrogen-bond acceptors (Lipinski definition) is 5. The van der Waals surface area contributed by atoms with Crippen LogP contribution in [0.5, 0.6) is 0 Å². The van der Waals surface area contributed by atoms with Gasteiger partial charge in [-0.2, -0.15) is 9.40 Å². The summed E-state index contributed by atoms with van der Waals surface area (Å²) < 4.78 is 28.2. The van der Waals surface area contributed by atoms with E-state index < -0.39 is 16.1 Å². The molecule has 1 aliphatic rings. The summed E-state index contributed by atoms with van der Waals surface area (Å²) in [6.07, 6.45) is 2.54. The van der Waals surface area contributed by atoms with Gasteiger partial charge in [0.25, 0.3) is 10.0 Å². The predicted molar refractivity (Wildman–Crippen MR) is 76.9 cm³/mol. The summed E-state index contributed by atoms with van der Waals surface area (Å²) in [4.78, 5) is 11.9.